The van der Waals surface area contributed by atoms with Gasteiger partial charge in [0.25, 0.3) is 10.1 Å². The van der Waals surface area contributed by atoms with Crippen molar-refractivity contribution in [3.63, 3.8) is 0 Å². The second-order valence-electron chi connectivity index (χ2n) is 11.7. The molecule has 1 aliphatic heterocycles. The molecule has 1 aromatic rings. The molecule has 3 unspecified atom stereocenters. The molecule has 1 aromatic carbocycles. The van der Waals surface area contributed by atoms with Crippen LogP contribution in [0.1, 0.15) is 65.8 Å². The van der Waals surface area contributed by atoms with Gasteiger partial charge in [-0.05, 0) is 49.5 Å². The number of benzene rings is 1. The van der Waals surface area contributed by atoms with Gasteiger partial charge in [-0.1, -0.05) is 44.2 Å². The van der Waals surface area contributed by atoms with Crippen molar-refractivity contribution in [1.29, 1.82) is 0 Å². The number of ether oxygens (including phenoxy) is 1. The molecule has 43 heavy (non-hydrogen) atoms. The van der Waals surface area contributed by atoms with Crippen molar-refractivity contribution in [1.82, 2.24) is 16.0 Å². The Morgan fingerprint density at radius 2 is 1.77 bits per heavy atom. The summed E-state index contributed by atoms with van der Waals surface area (Å²) in [5.41, 5.74) is -1.55. The van der Waals surface area contributed by atoms with Crippen LogP contribution < -0.4 is 45.5 Å². The van der Waals surface area contributed by atoms with E-state index in [9.17, 15) is 41.2 Å². The van der Waals surface area contributed by atoms with Crippen LogP contribution in [0, 0.1) is 17.8 Å². The second kappa shape index (κ2) is 16.5. The van der Waals surface area contributed by atoms with E-state index in [-0.39, 0.29) is 93.7 Å². The molecule has 3 amide bonds. The first-order chi connectivity index (χ1) is 19.6. The van der Waals surface area contributed by atoms with E-state index >= 15 is 0 Å². The average Bonchev–Trinajstić information content (AvgIpc) is 3.30. The minimum atomic E-state index is -5.00. The summed E-state index contributed by atoms with van der Waals surface area (Å²) in [5, 5.41) is 17.8. The van der Waals surface area contributed by atoms with Crippen molar-refractivity contribution in [2.75, 3.05) is 6.54 Å². The van der Waals surface area contributed by atoms with Crippen molar-refractivity contribution < 1.29 is 77.0 Å². The molecule has 3 rings (SSSR count). The van der Waals surface area contributed by atoms with E-state index in [2.05, 4.69) is 16.0 Å². The van der Waals surface area contributed by atoms with Gasteiger partial charge in [0, 0.05) is 31.7 Å². The van der Waals surface area contributed by atoms with Crippen molar-refractivity contribution in [3.05, 3.63) is 35.9 Å². The fourth-order valence-electron chi connectivity index (χ4n) is 5.52. The molecule has 5 N–H and O–H groups in total. The molecule has 11 nitrogen and oxygen atoms in total. The van der Waals surface area contributed by atoms with Crippen molar-refractivity contribution in [2.24, 2.45) is 17.8 Å². The number of halogens is 2. The smallest absolute Gasteiger partial charge is 1.00 e. The van der Waals surface area contributed by atoms with Gasteiger partial charge in [0.15, 0.2) is 0 Å². The molecule has 2 aliphatic rings. The fourth-order valence-corrected chi connectivity index (χ4v) is 6.11. The minimum Gasteiger partial charge on any atom is -1.00 e. The molecule has 2 fully saturated rings. The predicted molar refractivity (Wildman–Crippen MR) is 150 cm³/mol. The number of hydrogen-bond acceptors (Lipinski definition) is 7. The van der Waals surface area contributed by atoms with Gasteiger partial charge in [-0.3, -0.25) is 14.1 Å². The summed E-state index contributed by atoms with van der Waals surface area (Å²) in [5.74, 6) is -5.12. The standard InChI is InChI=1S/C28H41F2N3O8S.Na.H/c1-17(2)14-21(25(35)32-22(26(36)42(38,39)40)16-20-10-13-31-24(20)34)33-27(37)41-23(15-18-6-4-3-5-7-18)19-8-11-28(29,30)12-9-19;;/h3-7,17,19-23,26,36H,8-16H2,1-2H3,(H,31,34)(H,32,35)(H,33,37)(H,38,39,40);;/q;+1;-1/t20?,21-,22-,23?,26?;;/m0../s1. The first-order valence-corrected chi connectivity index (χ1v) is 15.8. The molecule has 5 atom stereocenters. The second-order valence-corrected chi connectivity index (χ2v) is 13.2. The number of carbonyl (C=O) groups is 3. The topological polar surface area (TPSA) is 171 Å². The Hall–Kier alpha value is -1.84. The monoisotopic (exact) mass is 641 g/mol. The minimum absolute atomic E-state index is 0. The zero-order chi connectivity index (χ0) is 31.1. The van der Waals surface area contributed by atoms with E-state index in [0.29, 0.717) is 13.0 Å². The number of carbonyl (C=O) groups excluding carboxylic acids is 3. The maximum absolute atomic E-state index is 13.8. The third kappa shape index (κ3) is 11.9. The van der Waals surface area contributed by atoms with Crippen LogP contribution in [0.5, 0.6) is 0 Å². The van der Waals surface area contributed by atoms with Crippen LogP contribution in [0.4, 0.5) is 13.6 Å². The van der Waals surface area contributed by atoms with Gasteiger partial charge in [-0.2, -0.15) is 8.42 Å². The Morgan fingerprint density at radius 3 is 2.30 bits per heavy atom. The van der Waals surface area contributed by atoms with Crippen LogP contribution >= 0.6 is 0 Å². The summed E-state index contributed by atoms with van der Waals surface area (Å²) in [4.78, 5) is 38.5. The molecular formula is C28H42F2N3NaO8S. The molecular weight excluding hydrogens is 599 g/mol. The van der Waals surface area contributed by atoms with Gasteiger partial charge in [0.1, 0.15) is 12.1 Å². The van der Waals surface area contributed by atoms with Crippen molar-refractivity contribution >= 4 is 28.0 Å². The van der Waals surface area contributed by atoms with E-state index in [1.807, 2.05) is 30.3 Å². The normalized spacial score (nSPS) is 21.6. The van der Waals surface area contributed by atoms with Crippen LogP contribution in [0.3, 0.4) is 0 Å². The summed E-state index contributed by atoms with van der Waals surface area (Å²) in [6, 6.07) is 6.38. The Labute approximate surface area is 274 Å². The van der Waals surface area contributed by atoms with Crippen molar-refractivity contribution in [3.8, 4) is 0 Å². The van der Waals surface area contributed by atoms with E-state index < -0.39 is 57.6 Å². The molecule has 1 heterocycles. The van der Waals surface area contributed by atoms with E-state index in [1.165, 1.54) is 0 Å². The molecule has 15 heteroatoms. The molecule has 238 valence electrons. The number of nitrogens with one attached hydrogen (secondary N) is 3. The number of aliphatic hydroxyl groups excluding tert-OH is 1. The molecule has 0 bridgehead atoms. The fraction of sp³-hybridized carbons (Fsp3) is 0.679. The third-order valence-corrected chi connectivity index (χ3v) is 8.76. The first-order valence-electron chi connectivity index (χ1n) is 14.3. The van der Waals surface area contributed by atoms with Crippen LogP contribution in [-0.4, -0.2) is 72.1 Å². The summed E-state index contributed by atoms with van der Waals surface area (Å²) in [6.07, 6.45) is -1.50. The van der Waals surface area contributed by atoms with Crippen molar-refractivity contribution in [2.45, 2.75) is 94.8 Å². The maximum Gasteiger partial charge on any atom is 1.00 e. The molecule has 1 saturated heterocycles. The Bertz CT molecular complexity index is 1190. The number of alkyl halides is 2. The van der Waals surface area contributed by atoms with Gasteiger partial charge in [-0.15, -0.1) is 0 Å². The van der Waals surface area contributed by atoms with Gasteiger partial charge < -0.3 is 27.2 Å². The molecule has 0 radical (unpaired) electrons. The quantitative estimate of drug-likeness (QED) is 0.147. The van der Waals surface area contributed by atoms with Crippen LogP contribution in [-0.2, 0) is 30.9 Å². The molecule has 1 saturated carbocycles. The van der Waals surface area contributed by atoms with Crippen LogP contribution in [0.25, 0.3) is 0 Å². The van der Waals surface area contributed by atoms with E-state index in [4.69, 9.17) is 4.74 Å². The van der Waals surface area contributed by atoms with Gasteiger partial charge >= 0.3 is 35.7 Å². The Balaban J connectivity index is 0.00000484. The van der Waals surface area contributed by atoms with E-state index in [0.717, 1.165) is 5.56 Å². The average molecular weight is 642 g/mol. The number of rotatable bonds is 13. The summed E-state index contributed by atoms with van der Waals surface area (Å²) < 4.78 is 66.3. The van der Waals surface area contributed by atoms with Gasteiger partial charge in [-0.25, -0.2) is 13.6 Å². The van der Waals surface area contributed by atoms with E-state index in [1.54, 1.807) is 13.8 Å². The first kappa shape index (κ1) is 37.3. The summed E-state index contributed by atoms with van der Waals surface area (Å²) in [7, 11) is -5.00. The molecule has 0 aromatic heterocycles. The number of aliphatic hydroxyl groups is 1. The zero-order valence-corrected chi connectivity index (χ0v) is 27.6. The SMILES string of the molecule is CC(C)C[C@H](NC(=O)OC(Cc1ccccc1)C1CCC(F)(F)CC1)C(=O)N[C@@H](CC1CCNC1=O)C(O)S(=O)(=O)O.[H-].[Na+]. The van der Waals surface area contributed by atoms with Gasteiger partial charge in [0.05, 0.1) is 6.04 Å². The summed E-state index contributed by atoms with van der Waals surface area (Å²) >= 11 is 0. The summed E-state index contributed by atoms with van der Waals surface area (Å²) in [6.45, 7) is 3.93. The Morgan fingerprint density at radius 1 is 1.14 bits per heavy atom. The maximum atomic E-state index is 13.8. The zero-order valence-electron chi connectivity index (χ0n) is 25.8. The van der Waals surface area contributed by atoms with Crippen LogP contribution in [0.15, 0.2) is 30.3 Å². The Kier molecular flexibility index (Phi) is 14.3. The number of hydrogen-bond donors (Lipinski definition) is 5. The predicted octanol–water partition coefficient (Wildman–Crippen LogP) is -0.102. The largest absolute Gasteiger partial charge is 1.00 e. The molecule has 1 aliphatic carbocycles. The third-order valence-electron chi connectivity index (χ3n) is 7.82. The van der Waals surface area contributed by atoms with Crippen LogP contribution in [0.2, 0.25) is 0 Å². The number of amides is 3. The van der Waals surface area contributed by atoms with Gasteiger partial charge in [0.2, 0.25) is 23.2 Å². The number of alkyl carbamates (subject to hydrolysis) is 1. The molecule has 0 spiro atoms.